The standard InChI is InChI=1S/C23H30N2O2.ClH/c26-23(10-9-19-11-13-24-14-12-19)25-16-21-7-4-8-22(15-21)18-27-17-20-5-2-1-3-6-20;/h1-8,15,19,24H,9-14,16-18H2,(H,25,26);1H. The molecule has 1 fully saturated rings. The molecule has 1 aliphatic heterocycles. The Morgan fingerprint density at radius 3 is 2.43 bits per heavy atom. The van der Waals surface area contributed by atoms with E-state index in [0.717, 1.165) is 30.6 Å². The van der Waals surface area contributed by atoms with Gasteiger partial charge < -0.3 is 15.4 Å². The van der Waals surface area contributed by atoms with Crippen LogP contribution in [0.4, 0.5) is 0 Å². The molecule has 1 amide bonds. The first-order valence-electron chi connectivity index (χ1n) is 9.96. The zero-order valence-electron chi connectivity index (χ0n) is 16.4. The minimum Gasteiger partial charge on any atom is -0.372 e. The molecular weight excluding hydrogens is 372 g/mol. The summed E-state index contributed by atoms with van der Waals surface area (Å²) in [6.45, 7) is 3.94. The molecule has 0 unspecified atom stereocenters. The summed E-state index contributed by atoms with van der Waals surface area (Å²) in [6.07, 6.45) is 4.02. The molecule has 1 saturated heterocycles. The molecule has 1 heterocycles. The van der Waals surface area contributed by atoms with Crippen molar-refractivity contribution in [1.29, 1.82) is 0 Å². The van der Waals surface area contributed by atoms with E-state index in [2.05, 4.69) is 34.9 Å². The van der Waals surface area contributed by atoms with Gasteiger partial charge in [0.1, 0.15) is 0 Å². The van der Waals surface area contributed by atoms with Crippen LogP contribution >= 0.6 is 12.4 Å². The lowest BCUT2D eigenvalue weighted by molar-refractivity contribution is -0.121. The van der Waals surface area contributed by atoms with Crippen molar-refractivity contribution in [2.24, 2.45) is 5.92 Å². The van der Waals surface area contributed by atoms with Gasteiger partial charge in [0.15, 0.2) is 0 Å². The minimum atomic E-state index is 0. The maximum absolute atomic E-state index is 12.1. The maximum Gasteiger partial charge on any atom is 0.220 e. The summed E-state index contributed by atoms with van der Waals surface area (Å²) in [7, 11) is 0. The molecule has 0 saturated carbocycles. The lowest BCUT2D eigenvalue weighted by atomic mass is 9.93. The summed E-state index contributed by atoms with van der Waals surface area (Å²) in [5, 5.41) is 6.42. The van der Waals surface area contributed by atoms with Crippen LogP contribution in [0.5, 0.6) is 0 Å². The van der Waals surface area contributed by atoms with E-state index in [1.54, 1.807) is 0 Å². The summed E-state index contributed by atoms with van der Waals surface area (Å²) in [4.78, 5) is 12.1. The lowest BCUT2D eigenvalue weighted by Crippen LogP contribution is -2.29. The fraction of sp³-hybridized carbons (Fsp3) is 0.435. The Bertz CT molecular complexity index is 703. The van der Waals surface area contributed by atoms with Crippen LogP contribution in [-0.4, -0.2) is 19.0 Å². The third-order valence-corrected chi connectivity index (χ3v) is 5.10. The van der Waals surface area contributed by atoms with E-state index in [1.807, 2.05) is 30.3 Å². The van der Waals surface area contributed by atoms with Crippen LogP contribution in [0, 0.1) is 5.92 Å². The second-order valence-corrected chi connectivity index (χ2v) is 7.31. The predicted octanol–water partition coefficient (Wildman–Crippen LogP) is 4.22. The molecular formula is C23H31ClN2O2. The lowest BCUT2D eigenvalue weighted by Gasteiger charge is -2.22. The molecule has 2 N–H and O–H groups in total. The second-order valence-electron chi connectivity index (χ2n) is 7.31. The van der Waals surface area contributed by atoms with Crippen molar-refractivity contribution in [2.75, 3.05) is 13.1 Å². The van der Waals surface area contributed by atoms with E-state index in [9.17, 15) is 4.79 Å². The quantitative estimate of drug-likeness (QED) is 0.660. The summed E-state index contributed by atoms with van der Waals surface area (Å²) >= 11 is 0. The smallest absolute Gasteiger partial charge is 0.220 e. The van der Waals surface area contributed by atoms with Crippen LogP contribution < -0.4 is 10.6 Å². The van der Waals surface area contributed by atoms with Crippen molar-refractivity contribution in [2.45, 2.75) is 45.4 Å². The predicted molar refractivity (Wildman–Crippen MR) is 115 cm³/mol. The number of piperidine rings is 1. The Kier molecular flexibility index (Phi) is 10.0. The molecule has 0 aromatic heterocycles. The van der Waals surface area contributed by atoms with Crippen molar-refractivity contribution in [3.63, 3.8) is 0 Å². The number of nitrogens with one attached hydrogen (secondary N) is 2. The van der Waals surface area contributed by atoms with E-state index in [0.29, 0.717) is 32.1 Å². The minimum absolute atomic E-state index is 0. The number of amides is 1. The maximum atomic E-state index is 12.1. The number of hydrogen-bond acceptors (Lipinski definition) is 3. The van der Waals surface area contributed by atoms with Crippen LogP contribution in [0.1, 0.15) is 42.4 Å². The molecule has 0 spiro atoms. The van der Waals surface area contributed by atoms with Gasteiger partial charge in [-0.2, -0.15) is 0 Å². The van der Waals surface area contributed by atoms with Gasteiger partial charge in [-0.3, -0.25) is 4.79 Å². The average Bonchev–Trinajstić information content (AvgIpc) is 2.73. The highest BCUT2D eigenvalue weighted by Crippen LogP contribution is 2.17. The van der Waals surface area contributed by atoms with Crippen LogP contribution in [-0.2, 0) is 29.3 Å². The van der Waals surface area contributed by atoms with Gasteiger partial charge in [0.25, 0.3) is 0 Å². The molecule has 28 heavy (non-hydrogen) atoms. The van der Waals surface area contributed by atoms with Gasteiger partial charge in [0.2, 0.25) is 5.91 Å². The average molecular weight is 403 g/mol. The molecule has 4 nitrogen and oxygen atoms in total. The number of benzene rings is 2. The third kappa shape index (κ3) is 8.01. The van der Waals surface area contributed by atoms with Gasteiger partial charge in [-0.25, -0.2) is 0 Å². The first kappa shape index (κ1) is 22.4. The van der Waals surface area contributed by atoms with E-state index in [1.165, 1.54) is 18.4 Å². The third-order valence-electron chi connectivity index (χ3n) is 5.10. The first-order chi connectivity index (χ1) is 13.3. The van der Waals surface area contributed by atoms with Gasteiger partial charge in [0.05, 0.1) is 13.2 Å². The van der Waals surface area contributed by atoms with E-state index >= 15 is 0 Å². The van der Waals surface area contributed by atoms with Crippen molar-refractivity contribution in [3.05, 3.63) is 71.3 Å². The van der Waals surface area contributed by atoms with Crippen LogP contribution in [0.15, 0.2) is 54.6 Å². The van der Waals surface area contributed by atoms with E-state index in [-0.39, 0.29) is 18.3 Å². The molecule has 2 aromatic carbocycles. The van der Waals surface area contributed by atoms with Crippen LogP contribution in [0.25, 0.3) is 0 Å². The van der Waals surface area contributed by atoms with Gasteiger partial charge >= 0.3 is 0 Å². The Balaban J connectivity index is 0.00000280. The Morgan fingerprint density at radius 1 is 0.964 bits per heavy atom. The molecule has 0 bridgehead atoms. The number of carbonyl (C=O) groups excluding carboxylic acids is 1. The molecule has 0 aliphatic carbocycles. The molecule has 152 valence electrons. The molecule has 1 aliphatic rings. The number of carbonyl (C=O) groups is 1. The van der Waals surface area contributed by atoms with Crippen molar-refractivity contribution in [3.8, 4) is 0 Å². The van der Waals surface area contributed by atoms with Crippen LogP contribution in [0.2, 0.25) is 0 Å². The van der Waals surface area contributed by atoms with Gasteiger partial charge in [-0.15, -0.1) is 12.4 Å². The highest BCUT2D eigenvalue weighted by molar-refractivity contribution is 5.85. The number of halogens is 1. The van der Waals surface area contributed by atoms with E-state index < -0.39 is 0 Å². The Hall–Kier alpha value is -1.88. The highest BCUT2D eigenvalue weighted by Gasteiger charge is 2.14. The fourth-order valence-corrected chi connectivity index (χ4v) is 3.49. The number of ether oxygens (including phenoxy) is 1. The molecule has 0 atom stereocenters. The van der Waals surface area contributed by atoms with Crippen molar-refractivity contribution in [1.82, 2.24) is 10.6 Å². The first-order valence-corrected chi connectivity index (χ1v) is 9.96. The summed E-state index contributed by atoms with van der Waals surface area (Å²) < 4.78 is 5.80. The summed E-state index contributed by atoms with van der Waals surface area (Å²) in [6, 6.07) is 18.4. The summed E-state index contributed by atoms with van der Waals surface area (Å²) in [5.41, 5.74) is 3.42. The van der Waals surface area contributed by atoms with Gasteiger partial charge in [0, 0.05) is 13.0 Å². The summed E-state index contributed by atoms with van der Waals surface area (Å²) in [5.74, 6) is 0.848. The molecule has 2 aromatic rings. The van der Waals surface area contributed by atoms with E-state index in [4.69, 9.17) is 4.74 Å². The van der Waals surface area contributed by atoms with Gasteiger partial charge in [-0.05, 0) is 55.0 Å². The number of rotatable bonds is 9. The Labute approximate surface area is 174 Å². The topological polar surface area (TPSA) is 50.4 Å². The molecule has 5 heteroatoms. The van der Waals surface area contributed by atoms with Crippen molar-refractivity contribution < 1.29 is 9.53 Å². The largest absolute Gasteiger partial charge is 0.372 e. The molecule has 3 rings (SSSR count). The highest BCUT2D eigenvalue weighted by atomic mass is 35.5. The monoisotopic (exact) mass is 402 g/mol. The zero-order chi connectivity index (χ0) is 18.7. The second kappa shape index (κ2) is 12.6. The van der Waals surface area contributed by atoms with Crippen LogP contribution in [0.3, 0.4) is 0 Å². The van der Waals surface area contributed by atoms with Crippen molar-refractivity contribution >= 4 is 18.3 Å². The molecule has 0 radical (unpaired) electrons. The van der Waals surface area contributed by atoms with Gasteiger partial charge in [-0.1, -0.05) is 54.6 Å². The normalized spacial score (nSPS) is 14.3. The Morgan fingerprint density at radius 2 is 1.64 bits per heavy atom. The number of hydrogen-bond donors (Lipinski definition) is 2. The SMILES string of the molecule is Cl.O=C(CCC1CCNCC1)NCc1cccc(COCc2ccccc2)c1. The zero-order valence-corrected chi connectivity index (χ0v) is 17.2. The fourth-order valence-electron chi connectivity index (χ4n) is 3.49.